The smallest absolute Gasteiger partial charge is 0.341 e. The Balaban J connectivity index is 1.79. The van der Waals surface area contributed by atoms with Gasteiger partial charge in [0.1, 0.15) is 5.75 Å². The zero-order valence-corrected chi connectivity index (χ0v) is 18.9. The van der Waals surface area contributed by atoms with Gasteiger partial charge in [0.05, 0.1) is 5.56 Å². The van der Waals surface area contributed by atoms with Crippen LogP contribution in [0, 0.1) is 5.92 Å². The molecule has 0 aliphatic carbocycles. The van der Waals surface area contributed by atoms with E-state index < -0.39 is 12.6 Å². The van der Waals surface area contributed by atoms with Crippen molar-refractivity contribution in [3.8, 4) is 21.3 Å². The third-order valence-electron chi connectivity index (χ3n) is 4.71. The number of ether oxygens (including phenoxy) is 1. The van der Waals surface area contributed by atoms with Gasteiger partial charge in [-0.15, -0.1) is 11.8 Å². The molecule has 0 radical (unpaired) electrons. The largest absolute Gasteiger partial charge is 0.499 e. The number of aromatic hydroxyl groups is 1. The SMILES string of the molecule is CC(C)C(Cc1c(O)sc(-c2ccc(OCC(=O)O)cc2)cc1=O)Sc1ccccc1. The Labute approximate surface area is 189 Å². The second kappa shape index (κ2) is 10.5. The minimum atomic E-state index is -1.05. The molecule has 1 atom stereocenters. The minimum Gasteiger partial charge on any atom is -0.499 e. The summed E-state index contributed by atoms with van der Waals surface area (Å²) in [4.78, 5) is 25.2. The van der Waals surface area contributed by atoms with Crippen molar-refractivity contribution < 1.29 is 19.7 Å². The summed E-state index contributed by atoms with van der Waals surface area (Å²) in [6.07, 6.45) is 0.487. The summed E-state index contributed by atoms with van der Waals surface area (Å²) in [6.45, 7) is 3.82. The van der Waals surface area contributed by atoms with Crippen molar-refractivity contribution in [1.29, 1.82) is 0 Å². The lowest BCUT2D eigenvalue weighted by Gasteiger charge is -2.20. The van der Waals surface area contributed by atoms with Crippen LogP contribution in [0.2, 0.25) is 0 Å². The fourth-order valence-corrected chi connectivity index (χ4v) is 5.11. The first-order valence-corrected chi connectivity index (χ1v) is 11.6. The molecule has 3 rings (SSSR count). The van der Waals surface area contributed by atoms with Crippen LogP contribution in [-0.2, 0) is 11.2 Å². The van der Waals surface area contributed by atoms with Crippen LogP contribution in [-0.4, -0.2) is 28.0 Å². The van der Waals surface area contributed by atoms with Crippen molar-refractivity contribution in [2.45, 2.75) is 30.4 Å². The average molecular weight is 457 g/mol. The quantitative estimate of drug-likeness (QED) is 0.425. The minimum absolute atomic E-state index is 0.0352. The van der Waals surface area contributed by atoms with E-state index in [1.165, 1.54) is 11.3 Å². The van der Waals surface area contributed by atoms with Crippen molar-refractivity contribution >= 4 is 29.1 Å². The Kier molecular flexibility index (Phi) is 7.76. The lowest BCUT2D eigenvalue weighted by Crippen LogP contribution is -2.19. The number of benzene rings is 2. The van der Waals surface area contributed by atoms with Gasteiger partial charge in [0, 0.05) is 21.1 Å². The number of thioether (sulfide) groups is 1. The monoisotopic (exact) mass is 456 g/mol. The maximum absolute atomic E-state index is 12.8. The second-order valence-corrected chi connectivity index (χ2v) is 9.73. The molecule has 5 nitrogen and oxygen atoms in total. The fraction of sp³-hybridized carbons (Fsp3) is 0.250. The second-order valence-electron chi connectivity index (χ2n) is 7.38. The van der Waals surface area contributed by atoms with Crippen molar-refractivity contribution in [2.24, 2.45) is 5.92 Å². The first-order valence-electron chi connectivity index (χ1n) is 9.86. The van der Waals surface area contributed by atoms with E-state index in [9.17, 15) is 14.7 Å². The van der Waals surface area contributed by atoms with E-state index in [0.717, 1.165) is 10.5 Å². The summed E-state index contributed by atoms with van der Waals surface area (Å²) in [7, 11) is 0. The van der Waals surface area contributed by atoms with Gasteiger partial charge < -0.3 is 14.9 Å². The molecule has 31 heavy (non-hydrogen) atoms. The highest BCUT2D eigenvalue weighted by molar-refractivity contribution is 8.00. The van der Waals surface area contributed by atoms with Gasteiger partial charge in [-0.1, -0.05) is 43.4 Å². The van der Waals surface area contributed by atoms with Gasteiger partial charge in [0.15, 0.2) is 17.1 Å². The zero-order chi connectivity index (χ0) is 22.4. The Morgan fingerprint density at radius 3 is 2.35 bits per heavy atom. The zero-order valence-electron chi connectivity index (χ0n) is 17.3. The van der Waals surface area contributed by atoms with Gasteiger partial charge in [-0.3, -0.25) is 4.79 Å². The third kappa shape index (κ3) is 6.35. The number of carboxylic acids is 1. The van der Waals surface area contributed by atoms with E-state index in [1.807, 2.05) is 30.3 Å². The first kappa shape index (κ1) is 22.9. The Morgan fingerprint density at radius 2 is 1.77 bits per heavy atom. The molecule has 1 unspecified atom stereocenters. The molecule has 0 bridgehead atoms. The summed E-state index contributed by atoms with van der Waals surface area (Å²) in [5.41, 5.74) is 1.01. The molecule has 0 aliphatic rings. The highest BCUT2D eigenvalue weighted by Gasteiger charge is 2.20. The van der Waals surface area contributed by atoms with E-state index in [4.69, 9.17) is 9.84 Å². The molecule has 1 heterocycles. The molecule has 2 aromatic carbocycles. The fourth-order valence-electron chi connectivity index (χ4n) is 2.99. The van der Waals surface area contributed by atoms with E-state index in [0.29, 0.717) is 28.5 Å². The van der Waals surface area contributed by atoms with Crippen molar-refractivity contribution in [3.05, 3.63) is 76.5 Å². The summed E-state index contributed by atoms with van der Waals surface area (Å²) >= 11 is 2.88. The van der Waals surface area contributed by atoms with Crippen LogP contribution in [0.15, 0.2) is 70.4 Å². The predicted octanol–water partition coefficient (Wildman–Crippen LogP) is 5.30. The van der Waals surface area contributed by atoms with Crippen LogP contribution in [0.5, 0.6) is 10.8 Å². The van der Waals surface area contributed by atoms with Gasteiger partial charge in [-0.25, -0.2) is 4.79 Å². The van der Waals surface area contributed by atoms with Gasteiger partial charge in [0.25, 0.3) is 0 Å². The molecule has 0 saturated carbocycles. The van der Waals surface area contributed by atoms with Crippen molar-refractivity contribution in [1.82, 2.24) is 0 Å². The summed E-state index contributed by atoms with van der Waals surface area (Å²) in [5, 5.41) is 19.5. The molecular formula is C24H24O5S2. The Hall–Kier alpha value is -2.77. The number of aliphatic carboxylic acids is 1. The van der Waals surface area contributed by atoms with Gasteiger partial charge in [-0.2, -0.15) is 0 Å². The normalized spacial score (nSPS) is 12.0. The van der Waals surface area contributed by atoms with Crippen molar-refractivity contribution in [3.63, 3.8) is 0 Å². The van der Waals surface area contributed by atoms with Gasteiger partial charge in [0.2, 0.25) is 0 Å². The molecule has 0 saturated heterocycles. The molecule has 162 valence electrons. The van der Waals surface area contributed by atoms with Crippen LogP contribution in [0.1, 0.15) is 19.4 Å². The lowest BCUT2D eigenvalue weighted by molar-refractivity contribution is -0.139. The van der Waals surface area contributed by atoms with E-state index in [1.54, 1.807) is 42.1 Å². The van der Waals surface area contributed by atoms with Crippen LogP contribution < -0.4 is 10.2 Å². The Morgan fingerprint density at radius 1 is 1.10 bits per heavy atom. The molecule has 0 spiro atoms. The van der Waals surface area contributed by atoms with E-state index >= 15 is 0 Å². The topological polar surface area (TPSA) is 83.8 Å². The molecule has 1 aromatic heterocycles. The molecule has 7 heteroatoms. The number of carboxylic acid groups (broad SMARTS) is 1. The summed E-state index contributed by atoms with van der Waals surface area (Å²) < 4.78 is 5.13. The summed E-state index contributed by atoms with van der Waals surface area (Å²) in [5.74, 6) is -0.294. The highest BCUT2D eigenvalue weighted by Crippen LogP contribution is 2.35. The van der Waals surface area contributed by atoms with E-state index in [2.05, 4.69) is 13.8 Å². The van der Waals surface area contributed by atoms with Crippen LogP contribution in [0.3, 0.4) is 0 Å². The van der Waals surface area contributed by atoms with Crippen LogP contribution in [0.25, 0.3) is 10.4 Å². The molecule has 3 aromatic rings. The van der Waals surface area contributed by atoms with Gasteiger partial charge in [-0.05, 0) is 54.3 Å². The number of hydrogen-bond acceptors (Lipinski definition) is 6. The molecule has 0 aliphatic heterocycles. The number of hydrogen-bond donors (Lipinski definition) is 2. The molecule has 0 fully saturated rings. The van der Waals surface area contributed by atoms with E-state index in [-0.39, 0.29) is 15.7 Å². The summed E-state index contributed by atoms with van der Waals surface area (Å²) in [6, 6.07) is 18.4. The predicted molar refractivity (Wildman–Crippen MR) is 125 cm³/mol. The average Bonchev–Trinajstić information content (AvgIpc) is 2.74. The Bertz CT molecular complexity index is 1080. The lowest BCUT2D eigenvalue weighted by atomic mass is 10.0. The highest BCUT2D eigenvalue weighted by atomic mass is 32.2. The van der Waals surface area contributed by atoms with Crippen molar-refractivity contribution in [2.75, 3.05) is 6.61 Å². The maximum Gasteiger partial charge on any atom is 0.341 e. The van der Waals surface area contributed by atoms with Crippen LogP contribution >= 0.6 is 23.1 Å². The molecular weight excluding hydrogens is 432 g/mol. The molecule has 0 amide bonds. The van der Waals surface area contributed by atoms with Crippen LogP contribution in [0.4, 0.5) is 0 Å². The first-order chi connectivity index (χ1) is 14.8. The standard InChI is InChI=1S/C24H24O5S2/c1-15(2)21(30-18-6-4-3-5-7-18)12-19-20(25)13-22(31-24(19)28)16-8-10-17(11-9-16)29-14-23(26)27/h3-11,13,15,21,28H,12,14H2,1-2H3,(H,26,27). The third-order valence-corrected chi connectivity index (χ3v) is 7.28. The number of rotatable bonds is 9. The maximum atomic E-state index is 12.8. The molecule has 2 N–H and O–H groups in total. The van der Waals surface area contributed by atoms with Gasteiger partial charge >= 0.3 is 5.97 Å². The number of carbonyl (C=O) groups is 1.